The van der Waals surface area contributed by atoms with Gasteiger partial charge < -0.3 is 10.6 Å². The third-order valence-corrected chi connectivity index (χ3v) is 5.94. The molecule has 27 heavy (non-hydrogen) atoms. The molecule has 0 radical (unpaired) electrons. The molecule has 1 spiro atoms. The fourth-order valence-corrected chi connectivity index (χ4v) is 4.13. The number of urea groups is 1. The van der Waals surface area contributed by atoms with Crippen LogP contribution in [-0.2, 0) is 16.1 Å². The zero-order valence-corrected chi connectivity index (χ0v) is 16.4. The van der Waals surface area contributed by atoms with Crippen molar-refractivity contribution in [2.24, 2.45) is 11.3 Å². The molecule has 6 nitrogen and oxygen atoms in total. The van der Waals surface area contributed by atoms with Crippen LogP contribution in [-0.4, -0.2) is 34.8 Å². The predicted octanol–water partition coefficient (Wildman–Crippen LogP) is 2.83. The number of carbonyl (C=O) groups excluding carboxylic acids is 3. The van der Waals surface area contributed by atoms with Gasteiger partial charge in [-0.1, -0.05) is 51.1 Å². The third kappa shape index (κ3) is 4.15. The maximum Gasteiger partial charge on any atom is 0.325 e. The largest absolute Gasteiger partial charge is 0.350 e. The van der Waals surface area contributed by atoms with Crippen molar-refractivity contribution in [3.8, 4) is 0 Å². The Labute approximate surface area is 160 Å². The highest BCUT2D eigenvalue weighted by molar-refractivity contribution is 6.09. The highest BCUT2D eigenvalue weighted by Gasteiger charge is 2.53. The van der Waals surface area contributed by atoms with Crippen molar-refractivity contribution in [3.05, 3.63) is 35.9 Å². The molecule has 2 N–H and O–H groups in total. The lowest BCUT2D eigenvalue weighted by molar-refractivity contribution is -0.136. The summed E-state index contributed by atoms with van der Waals surface area (Å²) >= 11 is 0. The van der Waals surface area contributed by atoms with E-state index in [0.29, 0.717) is 25.3 Å². The predicted molar refractivity (Wildman–Crippen MR) is 103 cm³/mol. The van der Waals surface area contributed by atoms with Gasteiger partial charge in [-0.2, -0.15) is 0 Å². The van der Waals surface area contributed by atoms with Crippen LogP contribution in [0.25, 0.3) is 0 Å². The molecule has 1 aliphatic heterocycles. The Morgan fingerprint density at radius 3 is 2.41 bits per heavy atom. The topological polar surface area (TPSA) is 78.5 Å². The standard InChI is InChI=1S/C21H29N3O3/c1-20(2,3)16-9-11-21(12-10-16)18(26)24(19(27)23-21)14-17(25)22-13-15-7-5-4-6-8-15/h4-8,16H,9-14H2,1-3H3,(H,22,25)(H,23,27). The number of rotatable bonds is 4. The molecule has 1 saturated carbocycles. The Bertz CT molecular complexity index is 716. The second kappa shape index (κ2) is 7.33. The highest BCUT2D eigenvalue weighted by Crippen LogP contribution is 2.43. The number of benzene rings is 1. The third-order valence-electron chi connectivity index (χ3n) is 5.94. The van der Waals surface area contributed by atoms with Gasteiger partial charge in [-0.25, -0.2) is 4.79 Å². The minimum absolute atomic E-state index is 0.199. The average molecular weight is 371 g/mol. The van der Waals surface area contributed by atoms with E-state index in [1.807, 2.05) is 30.3 Å². The lowest BCUT2D eigenvalue weighted by Gasteiger charge is -2.40. The molecular formula is C21H29N3O3. The number of amides is 4. The smallest absolute Gasteiger partial charge is 0.325 e. The molecule has 1 aromatic carbocycles. The normalized spacial score (nSPS) is 25.6. The minimum Gasteiger partial charge on any atom is -0.350 e. The van der Waals surface area contributed by atoms with Gasteiger partial charge in [0.05, 0.1) is 0 Å². The summed E-state index contributed by atoms with van der Waals surface area (Å²) in [5.41, 5.74) is 0.350. The Morgan fingerprint density at radius 2 is 1.81 bits per heavy atom. The summed E-state index contributed by atoms with van der Waals surface area (Å²) in [4.78, 5) is 38.6. The number of hydrogen-bond donors (Lipinski definition) is 2. The van der Waals surface area contributed by atoms with Crippen LogP contribution in [0.4, 0.5) is 4.79 Å². The van der Waals surface area contributed by atoms with Crippen LogP contribution in [0.2, 0.25) is 0 Å². The Kier molecular flexibility index (Phi) is 5.27. The quantitative estimate of drug-likeness (QED) is 0.799. The molecular weight excluding hydrogens is 342 g/mol. The molecule has 1 aliphatic carbocycles. The molecule has 6 heteroatoms. The van der Waals surface area contributed by atoms with Gasteiger partial charge in [-0.05, 0) is 42.6 Å². The number of hydrogen-bond acceptors (Lipinski definition) is 3. The summed E-state index contributed by atoms with van der Waals surface area (Å²) in [6, 6.07) is 9.08. The monoisotopic (exact) mass is 371 g/mol. The van der Waals surface area contributed by atoms with Crippen LogP contribution in [0, 0.1) is 11.3 Å². The molecule has 2 fully saturated rings. The summed E-state index contributed by atoms with van der Waals surface area (Å²) in [6.07, 6.45) is 3.09. The summed E-state index contributed by atoms with van der Waals surface area (Å²) in [5, 5.41) is 5.65. The molecule has 3 rings (SSSR count). The van der Waals surface area contributed by atoms with Gasteiger partial charge >= 0.3 is 6.03 Å². The van der Waals surface area contributed by atoms with Gasteiger partial charge in [0.15, 0.2) is 0 Å². The number of nitrogens with one attached hydrogen (secondary N) is 2. The van der Waals surface area contributed by atoms with Crippen LogP contribution in [0.1, 0.15) is 52.0 Å². The Morgan fingerprint density at radius 1 is 1.19 bits per heavy atom. The van der Waals surface area contributed by atoms with Crippen LogP contribution in [0.3, 0.4) is 0 Å². The van der Waals surface area contributed by atoms with E-state index < -0.39 is 11.6 Å². The fourth-order valence-electron chi connectivity index (χ4n) is 4.13. The first-order chi connectivity index (χ1) is 12.7. The van der Waals surface area contributed by atoms with Gasteiger partial charge in [0.25, 0.3) is 5.91 Å². The second-order valence-electron chi connectivity index (χ2n) is 8.81. The van der Waals surface area contributed by atoms with Crippen molar-refractivity contribution >= 4 is 17.8 Å². The molecule has 0 atom stereocenters. The lowest BCUT2D eigenvalue weighted by atomic mass is 9.67. The van der Waals surface area contributed by atoms with Gasteiger partial charge in [-0.15, -0.1) is 0 Å². The molecule has 1 saturated heterocycles. The zero-order valence-electron chi connectivity index (χ0n) is 16.4. The van der Waals surface area contributed by atoms with E-state index in [4.69, 9.17) is 0 Å². The first-order valence-corrected chi connectivity index (χ1v) is 9.66. The molecule has 1 aromatic rings. The molecule has 2 aliphatic rings. The molecule has 0 bridgehead atoms. The molecule has 4 amide bonds. The van der Waals surface area contributed by atoms with Crippen molar-refractivity contribution in [1.29, 1.82) is 0 Å². The molecule has 1 heterocycles. The van der Waals surface area contributed by atoms with E-state index in [-0.39, 0.29) is 23.8 Å². The molecule has 0 aromatic heterocycles. The van der Waals surface area contributed by atoms with E-state index in [2.05, 4.69) is 31.4 Å². The summed E-state index contributed by atoms with van der Waals surface area (Å²) < 4.78 is 0. The average Bonchev–Trinajstić information content (AvgIpc) is 2.85. The first kappa shape index (κ1) is 19.4. The van der Waals surface area contributed by atoms with Gasteiger partial charge in [0, 0.05) is 6.54 Å². The highest BCUT2D eigenvalue weighted by atomic mass is 16.2. The first-order valence-electron chi connectivity index (χ1n) is 9.66. The van der Waals surface area contributed by atoms with Gasteiger partial charge in [-0.3, -0.25) is 14.5 Å². The summed E-state index contributed by atoms with van der Waals surface area (Å²) in [5.74, 6) is -0.0476. The Balaban J connectivity index is 1.57. The van der Waals surface area contributed by atoms with Crippen LogP contribution in [0.15, 0.2) is 30.3 Å². The number of nitrogens with zero attached hydrogens (tertiary/aromatic N) is 1. The SMILES string of the molecule is CC(C)(C)C1CCC2(CC1)NC(=O)N(CC(=O)NCc1ccccc1)C2=O. The van der Waals surface area contributed by atoms with E-state index >= 15 is 0 Å². The lowest BCUT2D eigenvalue weighted by Crippen LogP contribution is -2.51. The van der Waals surface area contributed by atoms with Crippen molar-refractivity contribution in [2.45, 2.75) is 58.5 Å². The minimum atomic E-state index is -0.821. The summed E-state index contributed by atoms with van der Waals surface area (Å²) in [7, 11) is 0. The van der Waals surface area contributed by atoms with Gasteiger partial charge in [0.1, 0.15) is 12.1 Å². The Hall–Kier alpha value is -2.37. The van der Waals surface area contributed by atoms with E-state index in [0.717, 1.165) is 23.3 Å². The van der Waals surface area contributed by atoms with Crippen LogP contribution >= 0.6 is 0 Å². The van der Waals surface area contributed by atoms with Crippen molar-refractivity contribution in [3.63, 3.8) is 0 Å². The molecule has 0 unspecified atom stereocenters. The van der Waals surface area contributed by atoms with Crippen molar-refractivity contribution < 1.29 is 14.4 Å². The van der Waals surface area contributed by atoms with Crippen LogP contribution in [0.5, 0.6) is 0 Å². The zero-order chi connectivity index (χ0) is 19.7. The number of imide groups is 1. The maximum absolute atomic E-state index is 12.9. The second-order valence-corrected chi connectivity index (χ2v) is 8.81. The van der Waals surface area contributed by atoms with Crippen LogP contribution < -0.4 is 10.6 Å². The van der Waals surface area contributed by atoms with Gasteiger partial charge in [0.2, 0.25) is 5.91 Å². The van der Waals surface area contributed by atoms with Crippen molar-refractivity contribution in [2.75, 3.05) is 6.54 Å². The van der Waals surface area contributed by atoms with E-state index in [1.54, 1.807) is 0 Å². The summed E-state index contributed by atoms with van der Waals surface area (Å²) in [6.45, 7) is 6.79. The maximum atomic E-state index is 12.9. The van der Waals surface area contributed by atoms with Crippen molar-refractivity contribution in [1.82, 2.24) is 15.5 Å². The fraction of sp³-hybridized carbons (Fsp3) is 0.571. The number of carbonyl (C=O) groups is 3. The van der Waals surface area contributed by atoms with E-state index in [1.165, 1.54) is 0 Å². The molecule has 146 valence electrons. The van der Waals surface area contributed by atoms with E-state index in [9.17, 15) is 14.4 Å².